The topological polar surface area (TPSA) is 138 Å². The van der Waals surface area contributed by atoms with Gasteiger partial charge in [-0.15, -0.1) is 0 Å². The van der Waals surface area contributed by atoms with Crippen molar-refractivity contribution >= 4 is 40.7 Å². The molecule has 0 radical (unpaired) electrons. The number of aromatic hydroxyl groups is 1. The second-order valence-electron chi connectivity index (χ2n) is 15.5. The van der Waals surface area contributed by atoms with E-state index in [1.54, 1.807) is 0 Å². The predicted molar refractivity (Wildman–Crippen MR) is 212 cm³/mol. The number of methoxy groups -OCH3 is 2. The molecule has 3 heterocycles. The molecule has 12 nitrogen and oxygen atoms in total. The van der Waals surface area contributed by atoms with Gasteiger partial charge in [-0.05, 0) is 67.6 Å². The minimum absolute atomic E-state index is 0.105. The highest BCUT2D eigenvalue weighted by Crippen LogP contribution is 2.66. The van der Waals surface area contributed by atoms with Crippen molar-refractivity contribution in [2.45, 2.75) is 31.1 Å². The van der Waals surface area contributed by atoms with Gasteiger partial charge in [0, 0.05) is 42.4 Å². The number of nitrogens with zero attached hydrogens (tertiary/aromatic N) is 3. The molecule has 4 aromatic carbocycles. The van der Waals surface area contributed by atoms with Gasteiger partial charge in [0.15, 0.2) is 0 Å². The van der Waals surface area contributed by atoms with E-state index in [2.05, 4.69) is 10.3 Å². The normalized spacial score (nSPS) is 26.8. The third-order valence-electron chi connectivity index (χ3n) is 12.7. The first-order valence-electron chi connectivity index (χ1n) is 19.4. The van der Waals surface area contributed by atoms with Crippen molar-refractivity contribution < 1.29 is 38.5 Å². The number of carbonyl (C=O) groups is 4. The van der Waals surface area contributed by atoms with E-state index in [-0.39, 0.29) is 41.9 Å². The van der Waals surface area contributed by atoms with Gasteiger partial charge in [-0.3, -0.25) is 29.5 Å². The van der Waals surface area contributed by atoms with Gasteiger partial charge in [0.25, 0.3) is 11.8 Å². The zero-order valence-corrected chi connectivity index (χ0v) is 32.0. The summed E-state index contributed by atoms with van der Waals surface area (Å²) in [6.07, 6.45) is 2.39. The van der Waals surface area contributed by atoms with Crippen molar-refractivity contribution in [2.24, 2.45) is 23.7 Å². The lowest BCUT2D eigenvalue weighted by molar-refractivity contribution is -0.138. The Morgan fingerprint density at radius 3 is 2.09 bits per heavy atom. The molecule has 5 aliphatic rings. The van der Waals surface area contributed by atoms with Crippen molar-refractivity contribution in [1.82, 2.24) is 5.01 Å². The van der Waals surface area contributed by atoms with Gasteiger partial charge >= 0.3 is 0 Å². The lowest BCUT2D eigenvalue weighted by Gasteiger charge is -2.51. The van der Waals surface area contributed by atoms with Crippen LogP contribution in [-0.2, 0) is 29.3 Å². The van der Waals surface area contributed by atoms with E-state index in [0.717, 1.165) is 34.9 Å². The van der Waals surface area contributed by atoms with Crippen molar-refractivity contribution in [1.29, 1.82) is 0 Å². The van der Waals surface area contributed by atoms with Crippen LogP contribution in [0.15, 0.2) is 103 Å². The zero-order chi connectivity index (χ0) is 39.6. The minimum Gasteiger partial charge on any atom is -0.508 e. The average Bonchev–Trinajstić information content (AvgIpc) is 3.62. The number of hydrazine groups is 1. The first-order valence-corrected chi connectivity index (χ1v) is 19.4. The molecule has 6 unspecified atom stereocenters. The van der Waals surface area contributed by atoms with E-state index in [4.69, 9.17) is 14.2 Å². The van der Waals surface area contributed by atoms with Gasteiger partial charge in [-0.2, -0.15) is 5.01 Å². The molecule has 4 aromatic rings. The fourth-order valence-corrected chi connectivity index (χ4v) is 10.2. The molecule has 2 aliphatic carbocycles. The van der Waals surface area contributed by atoms with Crippen molar-refractivity contribution in [3.05, 3.63) is 119 Å². The van der Waals surface area contributed by atoms with Gasteiger partial charge in [0.1, 0.15) is 17.2 Å². The number of benzene rings is 4. The highest BCUT2D eigenvalue weighted by molar-refractivity contribution is 6.22. The fraction of sp³-hybridized carbons (Fsp3) is 0.333. The molecular weight excluding hydrogens is 725 g/mol. The molecule has 3 saturated heterocycles. The molecule has 292 valence electrons. The maximum Gasteiger partial charge on any atom is 0.260 e. The Bertz CT molecular complexity index is 2260. The van der Waals surface area contributed by atoms with Crippen LogP contribution in [0.4, 0.5) is 17.1 Å². The summed E-state index contributed by atoms with van der Waals surface area (Å²) in [5, 5.41) is 11.9. The number of nitrogens with one attached hydrogen (secondary N) is 1. The monoisotopic (exact) mass is 768 g/mol. The summed E-state index contributed by atoms with van der Waals surface area (Å²) in [5.41, 5.74) is 6.48. The fourth-order valence-electron chi connectivity index (χ4n) is 10.2. The van der Waals surface area contributed by atoms with E-state index in [0.29, 0.717) is 35.7 Å². The maximum atomic E-state index is 15.5. The summed E-state index contributed by atoms with van der Waals surface area (Å²) >= 11 is 0. The molecule has 0 aromatic heterocycles. The molecule has 0 bridgehead atoms. The Morgan fingerprint density at radius 1 is 0.789 bits per heavy atom. The van der Waals surface area contributed by atoms with Crippen LogP contribution in [0.2, 0.25) is 0 Å². The highest BCUT2D eigenvalue weighted by atomic mass is 16.5. The van der Waals surface area contributed by atoms with Gasteiger partial charge in [0.2, 0.25) is 11.8 Å². The van der Waals surface area contributed by atoms with Gasteiger partial charge in [-0.1, -0.05) is 59.7 Å². The number of carbonyl (C=O) groups excluding carboxylic acids is 4. The Hall–Kier alpha value is -6.14. The number of hydrogen-bond donors (Lipinski definition) is 2. The average molecular weight is 769 g/mol. The smallest absolute Gasteiger partial charge is 0.260 e. The third kappa shape index (κ3) is 5.60. The second kappa shape index (κ2) is 14.1. The van der Waals surface area contributed by atoms with Crippen molar-refractivity contribution in [3.8, 4) is 17.2 Å². The van der Waals surface area contributed by atoms with Crippen molar-refractivity contribution in [3.63, 3.8) is 0 Å². The van der Waals surface area contributed by atoms with E-state index in [1.165, 1.54) is 31.3 Å². The van der Waals surface area contributed by atoms with E-state index < -0.39 is 46.8 Å². The molecule has 9 rings (SSSR count). The first-order chi connectivity index (χ1) is 27.7. The lowest BCUT2D eigenvalue weighted by Crippen LogP contribution is -2.53. The number of phenolic OH excluding ortho intramolecular Hbond substituents is 1. The van der Waals surface area contributed by atoms with Gasteiger partial charge in [-0.25, -0.2) is 0 Å². The number of phenols is 1. The molecular formula is C45H44N4O8. The molecule has 4 amide bonds. The summed E-state index contributed by atoms with van der Waals surface area (Å²) in [6, 6.07) is 27.1. The van der Waals surface area contributed by atoms with Crippen LogP contribution >= 0.6 is 0 Å². The maximum absolute atomic E-state index is 15.5. The van der Waals surface area contributed by atoms with Crippen molar-refractivity contribution in [2.75, 3.05) is 55.7 Å². The number of morpholine rings is 1. The number of aryl methyl sites for hydroxylation is 1. The van der Waals surface area contributed by atoms with Crippen LogP contribution in [-0.4, -0.2) is 74.3 Å². The quantitative estimate of drug-likeness (QED) is 0.169. The Kier molecular flexibility index (Phi) is 9.03. The molecule has 12 heteroatoms. The number of fused-ring (bicyclic) bond motifs is 4. The highest BCUT2D eigenvalue weighted by Gasteiger charge is 2.71. The molecule has 2 N–H and O–H groups in total. The van der Waals surface area contributed by atoms with Gasteiger partial charge < -0.3 is 24.2 Å². The summed E-state index contributed by atoms with van der Waals surface area (Å²) in [7, 11) is 2.95. The number of rotatable bonds is 8. The van der Waals surface area contributed by atoms with Gasteiger partial charge in [0.05, 0.1) is 62.0 Å². The van der Waals surface area contributed by atoms with Crippen LogP contribution in [0.25, 0.3) is 0 Å². The molecule has 6 atom stereocenters. The number of amides is 4. The molecule has 0 spiro atoms. The van der Waals surface area contributed by atoms with E-state index >= 15 is 9.59 Å². The molecule has 1 saturated carbocycles. The van der Waals surface area contributed by atoms with E-state index in [1.807, 2.05) is 91.9 Å². The molecule has 57 heavy (non-hydrogen) atoms. The molecule has 4 fully saturated rings. The Balaban J connectivity index is 1.20. The number of allylic oxidation sites excluding steroid dienone is 2. The first kappa shape index (κ1) is 36.5. The third-order valence-corrected chi connectivity index (χ3v) is 12.7. The van der Waals surface area contributed by atoms with Crippen LogP contribution < -0.4 is 24.7 Å². The Labute approximate surface area is 330 Å². The summed E-state index contributed by atoms with van der Waals surface area (Å²) < 4.78 is 17.4. The number of anilines is 3. The standard InChI is InChI=1S/C45H44N4O8/c1-26-9-11-28(12-10-26)46-49-42(52)35-25-34-32(17-18-33-38(34)43(53)48(41(33)51)30-15-13-29(14-16-30)47-19-21-57-22-20-47)40(39-36(55-2)23-31(50)24-37(39)56-3)45(35,44(49)54)27-7-5-4-6-8-27/h4-17,23-24,33-35,38,40,46,50H,18-22,25H2,1-3H3. The number of hydrogen-bond acceptors (Lipinski definition) is 10. The summed E-state index contributed by atoms with van der Waals surface area (Å²) in [5.74, 6) is -5.03. The van der Waals surface area contributed by atoms with E-state index in [9.17, 15) is 14.7 Å². The second-order valence-corrected chi connectivity index (χ2v) is 15.5. The minimum atomic E-state index is -1.54. The summed E-state index contributed by atoms with van der Waals surface area (Å²) in [6.45, 7) is 4.73. The number of imide groups is 2. The van der Waals surface area contributed by atoms with Crippen LogP contribution in [0, 0.1) is 30.6 Å². The largest absolute Gasteiger partial charge is 0.508 e. The predicted octanol–water partition coefficient (Wildman–Crippen LogP) is 5.74. The van der Waals surface area contributed by atoms with Crippen LogP contribution in [0.3, 0.4) is 0 Å². The van der Waals surface area contributed by atoms with Crippen LogP contribution in [0.1, 0.15) is 35.4 Å². The number of ether oxygens (including phenoxy) is 3. The SMILES string of the molecule is COc1cc(O)cc(OC)c1C1C2=CCC3C(=O)N(c4ccc(N5CCOCC5)cc4)C(=O)C3C2CC2C(=O)N(Nc3ccc(C)cc3)C(=O)C21c1ccccc1. The lowest BCUT2D eigenvalue weighted by atomic mass is 9.49. The summed E-state index contributed by atoms with van der Waals surface area (Å²) in [4.78, 5) is 63.3. The Morgan fingerprint density at radius 2 is 1.44 bits per heavy atom. The zero-order valence-electron chi connectivity index (χ0n) is 32.0. The van der Waals surface area contributed by atoms with Crippen LogP contribution in [0.5, 0.6) is 17.2 Å². The molecule has 3 aliphatic heterocycles.